The van der Waals surface area contributed by atoms with Gasteiger partial charge in [0.1, 0.15) is 12.3 Å². The quantitative estimate of drug-likeness (QED) is 0.494. The van der Waals surface area contributed by atoms with Crippen molar-refractivity contribution in [2.45, 2.75) is 25.2 Å². The van der Waals surface area contributed by atoms with Gasteiger partial charge in [-0.15, -0.1) is 0 Å². The van der Waals surface area contributed by atoms with Crippen molar-refractivity contribution < 1.29 is 8.78 Å². The van der Waals surface area contributed by atoms with Crippen LogP contribution in [0.2, 0.25) is 0 Å². The monoisotopic (exact) mass is 157 g/mol. The summed E-state index contributed by atoms with van der Waals surface area (Å²) in [5.41, 5.74) is -0.00324. The Balaban J connectivity index is 2.63. The van der Waals surface area contributed by atoms with Gasteiger partial charge in [0.2, 0.25) is 0 Å². The van der Waals surface area contributed by atoms with E-state index in [-0.39, 0.29) is 18.4 Å². The second-order valence-electron chi connectivity index (χ2n) is 2.81. The minimum Gasteiger partial charge on any atom is -0.243 e. The van der Waals surface area contributed by atoms with E-state index in [4.69, 9.17) is 5.26 Å². The van der Waals surface area contributed by atoms with E-state index < -0.39 is 18.3 Å². The van der Waals surface area contributed by atoms with Crippen LogP contribution in [0.25, 0.3) is 0 Å². The molecule has 0 aromatic rings. The fourth-order valence-electron chi connectivity index (χ4n) is 1.20. The van der Waals surface area contributed by atoms with E-state index in [1.54, 1.807) is 0 Å². The Hall–Kier alpha value is -0.910. The molecule has 3 heteroatoms. The number of hydrogen-bond donors (Lipinski definition) is 0. The Labute approximate surface area is 64.3 Å². The summed E-state index contributed by atoms with van der Waals surface area (Å²) < 4.78 is 25.5. The van der Waals surface area contributed by atoms with Crippen molar-refractivity contribution >= 4 is 0 Å². The summed E-state index contributed by atoms with van der Waals surface area (Å²) in [7, 11) is 0. The highest BCUT2D eigenvalue weighted by Gasteiger charge is 2.31. The van der Waals surface area contributed by atoms with Gasteiger partial charge in [-0.2, -0.15) is 5.26 Å². The first kappa shape index (κ1) is 8.19. The highest BCUT2D eigenvalue weighted by atomic mass is 19.1. The Kier molecular flexibility index (Phi) is 2.23. The number of alkyl halides is 2. The second kappa shape index (κ2) is 3.00. The summed E-state index contributed by atoms with van der Waals surface area (Å²) in [4.78, 5) is 0. The fraction of sp³-hybridized carbons (Fsp3) is 0.625. The van der Waals surface area contributed by atoms with Gasteiger partial charge in [0, 0.05) is 0 Å². The molecule has 0 aromatic heterocycles. The molecule has 0 saturated heterocycles. The molecule has 0 N–H and O–H groups in total. The van der Waals surface area contributed by atoms with Gasteiger partial charge in [0.25, 0.3) is 0 Å². The van der Waals surface area contributed by atoms with Gasteiger partial charge in [-0.1, -0.05) is 6.58 Å². The highest BCUT2D eigenvalue weighted by Crippen LogP contribution is 2.31. The summed E-state index contributed by atoms with van der Waals surface area (Å²) >= 11 is 0. The van der Waals surface area contributed by atoms with E-state index in [2.05, 4.69) is 6.58 Å². The molecule has 0 bridgehead atoms. The fourth-order valence-corrected chi connectivity index (χ4v) is 1.20. The SMILES string of the molecule is C=C1C(F)CC(C#N)CC1F. The first-order valence-electron chi connectivity index (χ1n) is 3.51. The number of nitriles is 1. The molecule has 2 unspecified atom stereocenters. The topological polar surface area (TPSA) is 23.8 Å². The van der Waals surface area contributed by atoms with Crippen LogP contribution in [0.5, 0.6) is 0 Å². The summed E-state index contributed by atoms with van der Waals surface area (Å²) in [5.74, 6) is -0.481. The molecule has 1 fully saturated rings. The van der Waals surface area contributed by atoms with Crippen LogP contribution in [0.1, 0.15) is 12.8 Å². The Morgan fingerprint density at radius 1 is 1.36 bits per heavy atom. The molecule has 1 aliphatic carbocycles. The van der Waals surface area contributed by atoms with Gasteiger partial charge in [0.05, 0.1) is 12.0 Å². The highest BCUT2D eigenvalue weighted by molar-refractivity contribution is 5.14. The predicted molar refractivity (Wildman–Crippen MR) is 37.3 cm³/mol. The van der Waals surface area contributed by atoms with Crippen molar-refractivity contribution in [3.05, 3.63) is 12.2 Å². The van der Waals surface area contributed by atoms with Crippen LogP contribution in [0.15, 0.2) is 12.2 Å². The molecule has 2 atom stereocenters. The van der Waals surface area contributed by atoms with E-state index in [0.29, 0.717) is 0 Å². The van der Waals surface area contributed by atoms with E-state index in [1.165, 1.54) is 0 Å². The summed E-state index contributed by atoms with van der Waals surface area (Å²) in [5, 5.41) is 8.40. The van der Waals surface area contributed by atoms with Gasteiger partial charge in [-0.25, -0.2) is 8.78 Å². The van der Waals surface area contributed by atoms with Crippen LogP contribution in [0.4, 0.5) is 8.78 Å². The minimum atomic E-state index is -1.33. The first-order chi connectivity index (χ1) is 5.15. The Morgan fingerprint density at radius 3 is 2.18 bits per heavy atom. The van der Waals surface area contributed by atoms with Gasteiger partial charge in [-0.05, 0) is 18.4 Å². The molecular weight excluding hydrogens is 148 g/mol. The third-order valence-electron chi connectivity index (χ3n) is 1.97. The van der Waals surface area contributed by atoms with Gasteiger partial charge in [0.15, 0.2) is 0 Å². The van der Waals surface area contributed by atoms with Crippen molar-refractivity contribution in [2.75, 3.05) is 0 Å². The average molecular weight is 157 g/mol. The van der Waals surface area contributed by atoms with E-state index in [1.807, 2.05) is 6.07 Å². The Bertz CT molecular complexity index is 193. The molecular formula is C8H9F2N. The van der Waals surface area contributed by atoms with Gasteiger partial charge >= 0.3 is 0 Å². The molecule has 0 aromatic carbocycles. The van der Waals surface area contributed by atoms with Crippen LogP contribution < -0.4 is 0 Å². The Morgan fingerprint density at radius 2 is 1.82 bits per heavy atom. The van der Waals surface area contributed by atoms with Gasteiger partial charge < -0.3 is 0 Å². The van der Waals surface area contributed by atoms with E-state index in [9.17, 15) is 8.78 Å². The molecule has 0 amide bonds. The number of hydrogen-bond acceptors (Lipinski definition) is 1. The molecule has 0 heterocycles. The lowest BCUT2D eigenvalue weighted by atomic mass is 9.85. The van der Waals surface area contributed by atoms with E-state index in [0.717, 1.165) is 0 Å². The molecule has 60 valence electrons. The minimum absolute atomic E-state index is 0.00324. The van der Waals surface area contributed by atoms with E-state index >= 15 is 0 Å². The second-order valence-corrected chi connectivity index (χ2v) is 2.81. The first-order valence-corrected chi connectivity index (χ1v) is 3.51. The maximum atomic E-state index is 12.8. The zero-order valence-corrected chi connectivity index (χ0v) is 6.06. The number of rotatable bonds is 0. The van der Waals surface area contributed by atoms with Crippen molar-refractivity contribution in [1.82, 2.24) is 0 Å². The zero-order valence-electron chi connectivity index (χ0n) is 6.06. The van der Waals surface area contributed by atoms with Crippen molar-refractivity contribution in [3.8, 4) is 6.07 Å². The number of halogens is 2. The molecule has 0 spiro atoms. The largest absolute Gasteiger partial charge is 0.243 e. The zero-order chi connectivity index (χ0) is 8.43. The molecule has 1 aliphatic rings. The molecule has 11 heavy (non-hydrogen) atoms. The third kappa shape index (κ3) is 1.56. The standard InChI is InChI=1S/C8H9F2N/c1-5-7(9)2-6(4-11)3-8(5)10/h6-8H,1-3H2. The third-order valence-corrected chi connectivity index (χ3v) is 1.97. The van der Waals surface area contributed by atoms with Gasteiger partial charge in [-0.3, -0.25) is 0 Å². The maximum absolute atomic E-state index is 12.8. The normalized spacial score (nSPS) is 38.3. The lowest BCUT2D eigenvalue weighted by Gasteiger charge is -2.24. The lowest BCUT2D eigenvalue weighted by Crippen LogP contribution is -2.26. The number of allylic oxidation sites excluding steroid dienone is 1. The average Bonchev–Trinajstić information content (AvgIpc) is 1.99. The summed E-state index contributed by atoms with van der Waals surface area (Å²) in [6, 6.07) is 1.86. The van der Waals surface area contributed by atoms with Crippen LogP contribution in [-0.4, -0.2) is 12.3 Å². The smallest absolute Gasteiger partial charge is 0.125 e. The van der Waals surface area contributed by atoms with Crippen LogP contribution >= 0.6 is 0 Å². The van der Waals surface area contributed by atoms with Crippen molar-refractivity contribution in [2.24, 2.45) is 5.92 Å². The van der Waals surface area contributed by atoms with Crippen LogP contribution in [-0.2, 0) is 0 Å². The molecule has 0 aliphatic heterocycles. The summed E-state index contributed by atoms with van der Waals surface area (Å²) in [6.07, 6.45) is -2.45. The molecule has 0 radical (unpaired) electrons. The molecule has 1 nitrogen and oxygen atoms in total. The predicted octanol–water partition coefficient (Wildman–Crippen LogP) is 2.15. The number of nitrogens with zero attached hydrogens (tertiary/aromatic N) is 1. The molecule has 1 saturated carbocycles. The maximum Gasteiger partial charge on any atom is 0.125 e. The van der Waals surface area contributed by atoms with Crippen LogP contribution in [0.3, 0.4) is 0 Å². The summed E-state index contributed by atoms with van der Waals surface area (Å²) in [6.45, 7) is 3.29. The lowest BCUT2D eigenvalue weighted by molar-refractivity contribution is 0.205. The molecule has 1 rings (SSSR count). The van der Waals surface area contributed by atoms with Crippen molar-refractivity contribution in [3.63, 3.8) is 0 Å². The van der Waals surface area contributed by atoms with Crippen molar-refractivity contribution in [1.29, 1.82) is 5.26 Å². The van der Waals surface area contributed by atoms with Crippen LogP contribution in [0, 0.1) is 17.2 Å².